The molecule has 1 aromatic carbocycles. The highest BCUT2D eigenvalue weighted by Gasteiger charge is 2.32. The van der Waals surface area contributed by atoms with Gasteiger partial charge in [0.05, 0.1) is 24.2 Å². The second kappa shape index (κ2) is 6.71. The summed E-state index contributed by atoms with van der Waals surface area (Å²) in [5.74, 6) is -0.565. The number of carbonyl (C=O) groups excluding carboxylic acids is 1. The first-order valence-corrected chi connectivity index (χ1v) is 7.64. The van der Waals surface area contributed by atoms with Gasteiger partial charge < -0.3 is 14.6 Å². The second-order valence-corrected chi connectivity index (χ2v) is 5.86. The lowest BCUT2D eigenvalue weighted by Gasteiger charge is -2.32. The minimum atomic E-state index is -4.58. The number of halogens is 5. The fraction of sp³-hybridized carbons (Fsp3) is 0.467. The smallest absolute Gasteiger partial charge is 0.369 e. The number of alkyl halides is 5. The molecule has 1 atom stereocenters. The number of H-pyrrole nitrogens is 1. The van der Waals surface area contributed by atoms with Crippen LogP contribution < -0.4 is 5.69 Å². The lowest BCUT2D eigenvalue weighted by molar-refractivity contribution is -0.140. The summed E-state index contributed by atoms with van der Waals surface area (Å²) in [6, 6.07) is 3.72. The normalized spacial score (nSPS) is 18.7. The Morgan fingerprint density at radius 3 is 2.73 bits per heavy atom. The van der Waals surface area contributed by atoms with Crippen molar-refractivity contribution >= 4 is 16.9 Å². The largest absolute Gasteiger partial charge is 0.406 e. The van der Waals surface area contributed by atoms with Crippen LogP contribution in [0.25, 0.3) is 11.0 Å². The van der Waals surface area contributed by atoms with Gasteiger partial charge in [-0.15, -0.1) is 0 Å². The molecule has 142 valence electrons. The highest BCUT2D eigenvalue weighted by atomic mass is 19.4. The summed E-state index contributed by atoms with van der Waals surface area (Å²) in [5, 5.41) is 0. The molecule has 1 unspecified atom stereocenters. The molecule has 26 heavy (non-hydrogen) atoms. The molecule has 3 rings (SSSR count). The summed E-state index contributed by atoms with van der Waals surface area (Å²) in [6.45, 7) is -1.67. The molecule has 1 amide bonds. The van der Waals surface area contributed by atoms with Crippen LogP contribution in [0.3, 0.4) is 0 Å². The minimum Gasteiger partial charge on any atom is -0.369 e. The quantitative estimate of drug-likeness (QED) is 0.830. The molecule has 1 N–H and O–H groups in total. The van der Waals surface area contributed by atoms with Gasteiger partial charge >= 0.3 is 11.9 Å². The molecule has 6 nitrogen and oxygen atoms in total. The van der Waals surface area contributed by atoms with Crippen LogP contribution in [-0.2, 0) is 11.3 Å². The zero-order valence-corrected chi connectivity index (χ0v) is 13.2. The number of fused-ring (bicyclic) bond motifs is 1. The highest BCUT2D eigenvalue weighted by Crippen LogP contribution is 2.21. The zero-order valence-electron chi connectivity index (χ0n) is 13.2. The van der Waals surface area contributed by atoms with Crippen LogP contribution in [0.2, 0.25) is 0 Å². The van der Waals surface area contributed by atoms with E-state index in [4.69, 9.17) is 4.74 Å². The predicted molar refractivity (Wildman–Crippen MR) is 80.3 cm³/mol. The molecular formula is C15H14F5N3O3. The number of ether oxygens (including phenoxy) is 1. The number of aromatic amines is 1. The number of morpholine rings is 1. The number of rotatable bonds is 3. The number of imidazole rings is 1. The molecule has 0 saturated carbocycles. The Bertz CT molecular complexity index is 874. The van der Waals surface area contributed by atoms with E-state index in [2.05, 4.69) is 4.98 Å². The molecule has 11 heteroatoms. The number of carbonyl (C=O) groups is 1. The van der Waals surface area contributed by atoms with Crippen molar-refractivity contribution < 1.29 is 31.5 Å². The van der Waals surface area contributed by atoms with Crippen LogP contribution in [0, 0.1) is 0 Å². The number of nitrogens with zero attached hydrogens (tertiary/aromatic N) is 2. The van der Waals surface area contributed by atoms with Crippen molar-refractivity contribution in [1.29, 1.82) is 0 Å². The van der Waals surface area contributed by atoms with E-state index >= 15 is 0 Å². The minimum absolute atomic E-state index is 0.00342. The SMILES string of the molecule is O=C(c1ccc2c(c1)[nH]c(=O)n2CC(F)(F)F)N1CCOC(C(F)F)C1. The topological polar surface area (TPSA) is 67.3 Å². The van der Waals surface area contributed by atoms with E-state index in [0.717, 1.165) is 0 Å². The average molecular weight is 379 g/mol. The van der Waals surface area contributed by atoms with Gasteiger partial charge in [-0.1, -0.05) is 0 Å². The van der Waals surface area contributed by atoms with Crippen molar-refractivity contribution in [1.82, 2.24) is 14.5 Å². The van der Waals surface area contributed by atoms with Crippen LogP contribution in [0.1, 0.15) is 10.4 Å². The summed E-state index contributed by atoms with van der Waals surface area (Å²) in [7, 11) is 0. The van der Waals surface area contributed by atoms with E-state index in [1.165, 1.54) is 23.1 Å². The monoisotopic (exact) mass is 379 g/mol. The van der Waals surface area contributed by atoms with Crippen LogP contribution in [0.5, 0.6) is 0 Å². The Labute approximate surface area is 143 Å². The molecule has 0 bridgehead atoms. The zero-order chi connectivity index (χ0) is 19.1. The van der Waals surface area contributed by atoms with Crippen molar-refractivity contribution in [2.75, 3.05) is 19.7 Å². The Morgan fingerprint density at radius 1 is 1.35 bits per heavy atom. The number of nitrogens with one attached hydrogen (secondary N) is 1. The van der Waals surface area contributed by atoms with Crippen molar-refractivity contribution in [2.45, 2.75) is 25.3 Å². The Balaban J connectivity index is 1.87. The maximum atomic E-state index is 12.8. The highest BCUT2D eigenvalue weighted by molar-refractivity contribution is 5.97. The van der Waals surface area contributed by atoms with Crippen LogP contribution in [0.15, 0.2) is 23.0 Å². The van der Waals surface area contributed by atoms with E-state index in [-0.39, 0.29) is 36.3 Å². The van der Waals surface area contributed by atoms with Gasteiger partial charge in [0.25, 0.3) is 12.3 Å². The molecule has 1 fully saturated rings. The number of aromatic nitrogens is 2. The van der Waals surface area contributed by atoms with Crippen molar-refractivity contribution in [3.8, 4) is 0 Å². The third-order valence-corrected chi connectivity index (χ3v) is 4.02. The fourth-order valence-corrected chi connectivity index (χ4v) is 2.83. The number of hydrogen-bond donors (Lipinski definition) is 1. The number of benzene rings is 1. The standard InChI is InChI=1S/C15H14F5N3O3/c16-12(17)11-6-22(3-4-26-11)13(24)8-1-2-10-9(5-8)21-14(25)23(10)7-15(18,19)20/h1-2,5,11-12H,3-4,6-7H2,(H,21,25). The molecule has 1 aromatic heterocycles. The first-order chi connectivity index (χ1) is 12.2. The van der Waals surface area contributed by atoms with Gasteiger partial charge in [0.1, 0.15) is 12.6 Å². The first kappa shape index (κ1) is 18.4. The van der Waals surface area contributed by atoms with E-state index in [1.807, 2.05) is 0 Å². The molecule has 1 aliphatic rings. The molecule has 0 radical (unpaired) electrons. The van der Waals surface area contributed by atoms with E-state index < -0.39 is 36.8 Å². The van der Waals surface area contributed by atoms with Gasteiger partial charge in [0.2, 0.25) is 0 Å². The van der Waals surface area contributed by atoms with Gasteiger partial charge in [-0.2, -0.15) is 13.2 Å². The summed E-state index contributed by atoms with van der Waals surface area (Å²) in [6.07, 6.45) is -8.70. The third-order valence-electron chi connectivity index (χ3n) is 4.02. The Hall–Kier alpha value is -2.43. The lowest BCUT2D eigenvalue weighted by Crippen LogP contribution is -2.48. The first-order valence-electron chi connectivity index (χ1n) is 7.64. The van der Waals surface area contributed by atoms with Crippen molar-refractivity contribution in [3.63, 3.8) is 0 Å². The van der Waals surface area contributed by atoms with Crippen molar-refractivity contribution in [2.24, 2.45) is 0 Å². The van der Waals surface area contributed by atoms with E-state index in [1.54, 1.807) is 0 Å². The Morgan fingerprint density at radius 2 is 2.08 bits per heavy atom. The second-order valence-electron chi connectivity index (χ2n) is 5.86. The van der Waals surface area contributed by atoms with Gasteiger partial charge in [-0.3, -0.25) is 9.36 Å². The average Bonchev–Trinajstić information content (AvgIpc) is 2.87. The molecular weight excluding hydrogens is 365 g/mol. The van der Waals surface area contributed by atoms with Gasteiger partial charge in [-0.25, -0.2) is 13.6 Å². The molecule has 1 saturated heterocycles. The summed E-state index contributed by atoms with van der Waals surface area (Å²) >= 11 is 0. The molecule has 0 spiro atoms. The van der Waals surface area contributed by atoms with Crippen LogP contribution in [-0.4, -0.2) is 58.8 Å². The predicted octanol–water partition coefficient (Wildman–Crippen LogP) is 2.00. The third kappa shape index (κ3) is 3.71. The van der Waals surface area contributed by atoms with Crippen LogP contribution in [0.4, 0.5) is 22.0 Å². The fourth-order valence-electron chi connectivity index (χ4n) is 2.83. The van der Waals surface area contributed by atoms with Crippen LogP contribution >= 0.6 is 0 Å². The van der Waals surface area contributed by atoms with E-state index in [9.17, 15) is 31.5 Å². The summed E-state index contributed by atoms with van der Waals surface area (Å²) in [5.41, 5.74) is -0.820. The number of hydrogen-bond acceptors (Lipinski definition) is 3. The molecule has 0 aliphatic carbocycles. The number of amides is 1. The Kier molecular flexibility index (Phi) is 4.74. The van der Waals surface area contributed by atoms with Gasteiger partial charge in [0, 0.05) is 12.1 Å². The summed E-state index contributed by atoms with van der Waals surface area (Å²) < 4.78 is 68.6. The van der Waals surface area contributed by atoms with E-state index in [0.29, 0.717) is 4.57 Å². The van der Waals surface area contributed by atoms with Gasteiger partial charge in [0.15, 0.2) is 0 Å². The van der Waals surface area contributed by atoms with Crippen molar-refractivity contribution in [3.05, 3.63) is 34.2 Å². The summed E-state index contributed by atoms with van der Waals surface area (Å²) in [4.78, 5) is 27.7. The maximum absolute atomic E-state index is 12.8. The lowest BCUT2D eigenvalue weighted by atomic mass is 10.1. The maximum Gasteiger partial charge on any atom is 0.406 e. The molecule has 2 heterocycles. The molecule has 1 aliphatic heterocycles. The molecule has 2 aromatic rings. The van der Waals surface area contributed by atoms with Gasteiger partial charge in [-0.05, 0) is 18.2 Å².